The van der Waals surface area contributed by atoms with Crippen molar-refractivity contribution in [1.29, 1.82) is 0 Å². The lowest BCUT2D eigenvalue weighted by Crippen LogP contribution is -2.15. The second-order valence-corrected chi connectivity index (χ2v) is 6.61. The van der Waals surface area contributed by atoms with Gasteiger partial charge >= 0.3 is 0 Å². The summed E-state index contributed by atoms with van der Waals surface area (Å²) in [7, 11) is 0. The lowest BCUT2D eigenvalue weighted by molar-refractivity contribution is 0.608. The van der Waals surface area contributed by atoms with Crippen LogP contribution in [-0.2, 0) is 6.54 Å². The summed E-state index contributed by atoms with van der Waals surface area (Å²) in [5.74, 6) is 0. The third kappa shape index (κ3) is 3.43. The predicted octanol–water partition coefficient (Wildman–Crippen LogP) is 5.22. The highest BCUT2D eigenvalue weighted by Crippen LogP contribution is 2.35. The first-order valence-corrected chi connectivity index (χ1v) is 8.94. The molecule has 0 amide bonds. The third-order valence-corrected chi connectivity index (χ3v) is 4.99. The van der Waals surface area contributed by atoms with E-state index in [0.29, 0.717) is 0 Å². The summed E-state index contributed by atoms with van der Waals surface area (Å²) >= 11 is 0. The quantitative estimate of drug-likeness (QED) is 0.353. The number of hydrogen-bond donors (Lipinski definition) is 2. The SMILES string of the molecule is Cl.NCCCCCNCc1ccc2ccc3cccc4ccc1c2c34. The van der Waals surface area contributed by atoms with Crippen LogP contribution >= 0.6 is 12.4 Å². The van der Waals surface area contributed by atoms with E-state index in [-0.39, 0.29) is 12.4 Å². The topological polar surface area (TPSA) is 38.0 Å². The number of hydrogen-bond acceptors (Lipinski definition) is 2. The summed E-state index contributed by atoms with van der Waals surface area (Å²) in [4.78, 5) is 0. The molecule has 0 bridgehead atoms. The standard InChI is InChI=1S/C22H24N2.ClH/c23-13-2-1-3-14-24-15-19-10-9-18-8-7-16-5-4-6-17-11-12-20(19)22(18)21(16)17;/h4-12,24H,1-3,13-15,23H2;1H. The fraction of sp³-hybridized carbons (Fsp3) is 0.273. The second kappa shape index (κ2) is 8.01. The number of nitrogens with two attached hydrogens (primary N) is 1. The second-order valence-electron chi connectivity index (χ2n) is 6.61. The molecule has 0 heterocycles. The van der Waals surface area contributed by atoms with Gasteiger partial charge in [-0.2, -0.15) is 0 Å². The maximum absolute atomic E-state index is 5.55. The molecule has 0 aromatic heterocycles. The van der Waals surface area contributed by atoms with Gasteiger partial charge in [0, 0.05) is 6.54 Å². The van der Waals surface area contributed by atoms with Crippen molar-refractivity contribution in [1.82, 2.24) is 5.32 Å². The van der Waals surface area contributed by atoms with Gasteiger partial charge in [0.15, 0.2) is 0 Å². The van der Waals surface area contributed by atoms with Gasteiger partial charge < -0.3 is 11.1 Å². The van der Waals surface area contributed by atoms with Crippen molar-refractivity contribution in [2.45, 2.75) is 25.8 Å². The molecule has 0 aliphatic rings. The molecule has 2 nitrogen and oxygen atoms in total. The van der Waals surface area contributed by atoms with Gasteiger partial charge in [-0.15, -0.1) is 12.4 Å². The molecular weight excluding hydrogens is 328 g/mol. The Labute approximate surface area is 155 Å². The van der Waals surface area contributed by atoms with Crippen molar-refractivity contribution in [3.05, 3.63) is 60.2 Å². The number of benzene rings is 4. The highest BCUT2D eigenvalue weighted by Gasteiger charge is 2.10. The highest BCUT2D eigenvalue weighted by molar-refractivity contribution is 6.23. The predicted molar refractivity (Wildman–Crippen MR) is 112 cm³/mol. The summed E-state index contributed by atoms with van der Waals surface area (Å²) in [6.07, 6.45) is 3.53. The van der Waals surface area contributed by atoms with Crippen molar-refractivity contribution in [2.24, 2.45) is 5.73 Å². The number of halogens is 1. The fourth-order valence-corrected chi connectivity index (χ4v) is 3.74. The Kier molecular flexibility index (Phi) is 5.74. The molecule has 0 spiro atoms. The number of nitrogens with one attached hydrogen (secondary N) is 1. The largest absolute Gasteiger partial charge is 0.330 e. The summed E-state index contributed by atoms with van der Waals surface area (Å²) < 4.78 is 0. The maximum Gasteiger partial charge on any atom is 0.0211 e. The number of unbranched alkanes of at least 4 members (excludes halogenated alkanes) is 2. The van der Waals surface area contributed by atoms with Gasteiger partial charge in [0.25, 0.3) is 0 Å². The molecule has 0 radical (unpaired) electrons. The van der Waals surface area contributed by atoms with Gasteiger partial charge in [-0.05, 0) is 63.8 Å². The van der Waals surface area contributed by atoms with Gasteiger partial charge in [-0.1, -0.05) is 61.0 Å². The van der Waals surface area contributed by atoms with Crippen molar-refractivity contribution in [3.8, 4) is 0 Å². The van der Waals surface area contributed by atoms with Crippen molar-refractivity contribution in [2.75, 3.05) is 13.1 Å². The van der Waals surface area contributed by atoms with Gasteiger partial charge in [-0.25, -0.2) is 0 Å². The Morgan fingerprint density at radius 2 is 1.40 bits per heavy atom. The fourth-order valence-electron chi connectivity index (χ4n) is 3.74. The van der Waals surface area contributed by atoms with E-state index in [1.165, 1.54) is 50.7 Å². The number of rotatable bonds is 7. The van der Waals surface area contributed by atoms with E-state index in [1.54, 1.807) is 0 Å². The molecule has 0 aliphatic heterocycles. The molecule has 0 atom stereocenters. The zero-order valence-corrected chi connectivity index (χ0v) is 15.2. The molecule has 3 N–H and O–H groups in total. The summed E-state index contributed by atoms with van der Waals surface area (Å²) in [5, 5.41) is 11.8. The molecule has 0 aliphatic carbocycles. The first-order valence-electron chi connectivity index (χ1n) is 8.94. The Bertz CT molecular complexity index is 948. The van der Waals surface area contributed by atoms with Crippen molar-refractivity contribution < 1.29 is 0 Å². The molecule has 130 valence electrons. The molecule has 0 saturated carbocycles. The molecule has 4 aromatic rings. The average Bonchev–Trinajstić information content (AvgIpc) is 2.63. The van der Waals surface area contributed by atoms with Gasteiger partial charge in [-0.3, -0.25) is 0 Å². The van der Waals surface area contributed by atoms with Crippen LogP contribution < -0.4 is 11.1 Å². The van der Waals surface area contributed by atoms with Crippen LogP contribution in [0.25, 0.3) is 32.3 Å². The van der Waals surface area contributed by atoms with E-state index >= 15 is 0 Å². The van der Waals surface area contributed by atoms with Gasteiger partial charge in [0.2, 0.25) is 0 Å². The molecule has 0 fully saturated rings. The minimum Gasteiger partial charge on any atom is -0.330 e. The van der Waals surface area contributed by atoms with Crippen LogP contribution in [0.2, 0.25) is 0 Å². The zero-order chi connectivity index (χ0) is 16.4. The minimum atomic E-state index is 0. The van der Waals surface area contributed by atoms with Gasteiger partial charge in [0.05, 0.1) is 0 Å². The third-order valence-electron chi connectivity index (χ3n) is 4.99. The summed E-state index contributed by atoms with van der Waals surface area (Å²) in [5.41, 5.74) is 6.94. The zero-order valence-electron chi connectivity index (χ0n) is 14.4. The van der Waals surface area contributed by atoms with E-state index in [0.717, 1.165) is 26.1 Å². The molecule has 4 aromatic carbocycles. The lowest BCUT2D eigenvalue weighted by Gasteiger charge is -2.14. The monoisotopic (exact) mass is 352 g/mol. The minimum absolute atomic E-state index is 0. The van der Waals surface area contributed by atoms with Crippen LogP contribution in [-0.4, -0.2) is 13.1 Å². The van der Waals surface area contributed by atoms with Crippen LogP contribution in [0, 0.1) is 0 Å². The van der Waals surface area contributed by atoms with Crippen LogP contribution in [0.3, 0.4) is 0 Å². The van der Waals surface area contributed by atoms with E-state index in [2.05, 4.69) is 59.9 Å². The molecular formula is C22H25ClN2. The van der Waals surface area contributed by atoms with Crippen LogP contribution in [0.1, 0.15) is 24.8 Å². The Morgan fingerprint density at radius 3 is 2.16 bits per heavy atom. The Morgan fingerprint density at radius 1 is 0.720 bits per heavy atom. The normalized spacial score (nSPS) is 11.4. The lowest BCUT2D eigenvalue weighted by atomic mass is 9.92. The summed E-state index contributed by atoms with van der Waals surface area (Å²) in [6, 6.07) is 20.1. The van der Waals surface area contributed by atoms with E-state index in [9.17, 15) is 0 Å². The smallest absolute Gasteiger partial charge is 0.0211 e. The highest BCUT2D eigenvalue weighted by atomic mass is 35.5. The van der Waals surface area contributed by atoms with E-state index in [1.807, 2.05) is 0 Å². The first-order chi connectivity index (χ1) is 11.9. The average molecular weight is 353 g/mol. The van der Waals surface area contributed by atoms with Crippen molar-refractivity contribution >= 4 is 44.7 Å². The molecule has 3 heteroatoms. The van der Waals surface area contributed by atoms with E-state index < -0.39 is 0 Å². The van der Waals surface area contributed by atoms with Crippen molar-refractivity contribution in [3.63, 3.8) is 0 Å². The van der Waals surface area contributed by atoms with Crippen LogP contribution in [0.15, 0.2) is 54.6 Å². The Hall–Kier alpha value is -1.87. The molecule has 4 rings (SSSR count). The summed E-state index contributed by atoms with van der Waals surface area (Å²) in [6.45, 7) is 2.79. The van der Waals surface area contributed by atoms with Crippen LogP contribution in [0.5, 0.6) is 0 Å². The van der Waals surface area contributed by atoms with E-state index in [4.69, 9.17) is 5.73 Å². The first kappa shape index (κ1) is 17.9. The van der Waals surface area contributed by atoms with Crippen LogP contribution in [0.4, 0.5) is 0 Å². The Balaban J connectivity index is 0.00000182. The van der Waals surface area contributed by atoms with Gasteiger partial charge in [0.1, 0.15) is 0 Å². The molecule has 0 saturated heterocycles. The molecule has 25 heavy (non-hydrogen) atoms. The maximum atomic E-state index is 5.55. The molecule has 0 unspecified atom stereocenters.